The first kappa shape index (κ1) is 20.4. The maximum Gasteiger partial charge on any atom is 0.315 e. The van der Waals surface area contributed by atoms with Gasteiger partial charge in [0.05, 0.1) is 38.4 Å². The van der Waals surface area contributed by atoms with Gasteiger partial charge in [-0.15, -0.1) is 0 Å². The Hall–Kier alpha value is -1.38. The lowest BCUT2D eigenvalue weighted by molar-refractivity contribution is -0.143. The number of urea groups is 1. The molecule has 0 spiro atoms. The second kappa shape index (κ2) is 10.2. The maximum absolute atomic E-state index is 12.4. The summed E-state index contributed by atoms with van der Waals surface area (Å²) >= 11 is 0. The van der Waals surface area contributed by atoms with E-state index in [1.807, 2.05) is 4.90 Å². The molecule has 3 atom stereocenters. The van der Waals surface area contributed by atoms with Crippen LogP contribution in [-0.2, 0) is 14.3 Å². The van der Waals surface area contributed by atoms with Crippen molar-refractivity contribution in [2.24, 2.45) is 0 Å². The van der Waals surface area contributed by atoms with Crippen molar-refractivity contribution in [3.63, 3.8) is 0 Å². The van der Waals surface area contributed by atoms with Gasteiger partial charge in [0, 0.05) is 19.1 Å². The Kier molecular flexibility index (Phi) is 7.72. The lowest BCUT2D eigenvalue weighted by Gasteiger charge is -2.37. The summed E-state index contributed by atoms with van der Waals surface area (Å²) < 4.78 is 11.2. The van der Waals surface area contributed by atoms with Crippen LogP contribution in [0.1, 0.15) is 51.4 Å². The number of hydrogen-bond acceptors (Lipinski definition) is 5. The van der Waals surface area contributed by atoms with Gasteiger partial charge in [0.2, 0.25) is 5.91 Å². The Bertz CT molecular complexity index is 492. The summed E-state index contributed by atoms with van der Waals surface area (Å²) in [4.78, 5) is 26.5. The molecule has 3 rings (SSSR count). The molecule has 3 aliphatic rings. The third-order valence-electron chi connectivity index (χ3n) is 5.82. The van der Waals surface area contributed by atoms with Crippen LogP contribution in [-0.4, -0.2) is 79.1 Å². The van der Waals surface area contributed by atoms with Gasteiger partial charge in [-0.3, -0.25) is 4.79 Å². The van der Waals surface area contributed by atoms with Gasteiger partial charge in [-0.1, -0.05) is 19.3 Å². The quantitative estimate of drug-likeness (QED) is 0.651. The Labute approximate surface area is 160 Å². The zero-order chi connectivity index (χ0) is 19.1. The topological polar surface area (TPSA) is 100 Å². The van der Waals surface area contributed by atoms with Crippen LogP contribution in [0.5, 0.6) is 0 Å². The van der Waals surface area contributed by atoms with E-state index in [4.69, 9.17) is 9.47 Å². The number of ether oxygens (including phenoxy) is 2. The number of aliphatic hydroxyl groups is 1. The van der Waals surface area contributed by atoms with Crippen molar-refractivity contribution in [1.82, 2.24) is 15.5 Å². The first-order chi connectivity index (χ1) is 13.2. The molecule has 0 aromatic rings. The summed E-state index contributed by atoms with van der Waals surface area (Å²) in [6.07, 6.45) is 6.66. The molecule has 0 radical (unpaired) electrons. The molecular weight excluding hydrogens is 350 g/mol. The van der Waals surface area contributed by atoms with E-state index in [9.17, 15) is 14.7 Å². The number of amides is 3. The lowest BCUT2D eigenvalue weighted by atomic mass is 9.95. The number of nitrogens with one attached hydrogen (secondary N) is 2. The number of rotatable bonds is 5. The van der Waals surface area contributed by atoms with E-state index in [-0.39, 0.29) is 36.7 Å². The summed E-state index contributed by atoms with van der Waals surface area (Å²) in [6, 6.07) is -0.167. The predicted molar refractivity (Wildman–Crippen MR) is 99.3 cm³/mol. The van der Waals surface area contributed by atoms with Gasteiger partial charge in [0.25, 0.3) is 0 Å². The van der Waals surface area contributed by atoms with E-state index < -0.39 is 6.10 Å². The Balaban J connectivity index is 1.43. The third kappa shape index (κ3) is 6.05. The summed E-state index contributed by atoms with van der Waals surface area (Å²) in [5.74, 6) is 0.0708. The Morgan fingerprint density at radius 2 is 1.74 bits per heavy atom. The highest BCUT2D eigenvalue weighted by Crippen LogP contribution is 2.23. The summed E-state index contributed by atoms with van der Waals surface area (Å²) in [7, 11) is 0. The number of nitrogens with zero attached hydrogens (tertiary/aromatic N) is 1. The zero-order valence-corrected chi connectivity index (χ0v) is 16.0. The van der Waals surface area contributed by atoms with E-state index in [1.165, 1.54) is 6.42 Å². The van der Waals surface area contributed by atoms with Gasteiger partial charge >= 0.3 is 6.03 Å². The average molecular weight is 383 g/mol. The number of aliphatic hydroxyl groups excluding tert-OH is 1. The standard InChI is InChI=1S/C19H33N3O5/c23-13-17-16(21-19(25)20-14-4-2-1-3-5-14)7-6-15(27-17)12-18(24)22-8-10-26-11-9-22/h14-17,23H,1-13H2,(H2,20,21,25)/t15-,16-,17-/m0/s1. The van der Waals surface area contributed by atoms with Gasteiger partial charge in [0.15, 0.2) is 0 Å². The van der Waals surface area contributed by atoms with Crippen molar-refractivity contribution in [1.29, 1.82) is 0 Å². The zero-order valence-electron chi connectivity index (χ0n) is 16.0. The Morgan fingerprint density at radius 1 is 1.00 bits per heavy atom. The lowest BCUT2D eigenvalue weighted by Crippen LogP contribution is -2.55. The van der Waals surface area contributed by atoms with Crippen molar-refractivity contribution in [3.8, 4) is 0 Å². The predicted octanol–water partition coefficient (Wildman–Crippen LogP) is 0.776. The molecule has 8 heteroatoms. The molecule has 3 fully saturated rings. The Morgan fingerprint density at radius 3 is 2.44 bits per heavy atom. The van der Waals surface area contributed by atoms with Crippen molar-refractivity contribution >= 4 is 11.9 Å². The molecule has 3 amide bonds. The van der Waals surface area contributed by atoms with Crippen molar-refractivity contribution in [2.75, 3.05) is 32.9 Å². The second-order valence-electron chi connectivity index (χ2n) is 7.81. The molecule has 0 unspecified atom stereocenters. The first-order valence-corrected chi connectivity index (χ1v) is 10.3. The molecule has 2 saturated heterocycles. The molecule has 27 heavy (non-hydrogen) atoms. The molecule has 0 bridgehead atoms. The van der Waals surface area contributed by atoms with Crippen LogP contribution in [0, 0.1) is 0 Å². The molecular formula is C19H33N3O5. The number of carbonyl (C=O) groups is 2. The van der Waals surface area contributed by atoms with E-state index in [2.05, 4.69) is 10.6 Å². The van der Waals surface area contributed by atoms with Crippen molar-refractivity contribution in [3.05, 3.63) is 0 Å². The summed E-state index contributed by atoms with van der Waals surface area (Å²) in [5, 5.41) is 15.7. The molecule has 154 valence electrons. The van der Waals surface area contributed by atoms with Crippen LogP contribution in [0.25, 0.3) is 0 Å². The molecule has 3 N–H and O–H groups in total. The highest BCUT2D eigenvalue weighted by atomic mass is 16.5. The van der Waals surface area contributed by atoms with Gasteiger partial charge in [-0.2, -0.15) is 0 Å². The smallest absolute Gasteiger partial charge is 0.315 e. The van der Waals surface area contributed by atoms with Gasteiger partial charge < -0.3 is 30.1 Å². The van der Waals surface area contributed by atoms with E-state index >= 15 is 0 Å². The normalized spacial score (nSPS) is 30.0. The molecule has 8 nitrogen and oxygen atoms in total. The molecule has 0 aromatic carbocycles. The van der Waals surface area contributed by atoms with Gasteiger partial charge in [0.1, 0.15) is 6.10 Å². The molecule has 1 saturated carbocycles. The summed E-state index contributed by atoms with van der Waals surface area (Å²) in [6.45, 7) is 2.24. The molecule has 0 aromatic heterocycles. The minimum absolute atomic E-state index is 0.0708. The molecule has 2 aliphatic heterocycles. The highest BCUT2D eigenvalue weighted by molar-refractivity contribution is 5.77. The minimum Gasteiger partial charge on any atom is -0.394 e. The third-order valence-corrected chi connectivity index (χ3v) is 5.82. The molecule has 1 aliphatic carbocycles. The van der Waals surface area contributed by atoms with E-state index in [0.717, 1.165) is 25.7 Å². The average Bonchev–Trinajstić information content (AvgIpc) is 2.70. The van der Waals surface area contributed by atoms with Crippen LogP contribution >= 0.6 is 0 Å². The van der Waals surface area contributed by atoms with Crippen LogP contribution in [0.15, 0.2) is 0 Å². The summed E-state index contributed by atoms with van der Waals surface area (Å²) in [5.41, 5.74) is 0. The van der Waals surface area contributed by atoms with Crippen molar-refractivity contribution < 1.29 is 24.2 Å². The number of hydrogen-bond donors (Lipinski definition) is 3. The van der Waals surface area contributed by atoms with E-state index in [0.29, 0.717) is 45.6 Å². The van der Waals surface area contributed by atoms with Crippen molar-refractivity contribution in [2.45, 2.75) is 75.7 Å². The van der Waals surface area contributed by atoms with Gasteiger partial charge in [-0.25, -0.2) is 4.79 Å². The number of morpholine rings is 1. The first-order valence-electron chi connectivity index (χ1n) is 10.3. The second-order valence-corrected chi connectivity index (χ2v) is 7.81. The van der Waals surface area contributed by atoms with Crippen LogP contribution in [0.4, 0.5) is 4.79 Å². The van der Waals surface area contributed by atoms with Crippen LogP contribution in [0.3, 0.4) is 0 Å². The van der Waals surface area contributed by atoms with Crippen LogP contribution in [0.2, 0.25) is 0 Å². The fourth-order valence-corrected chi connectivity index (χ4v) is 4.23. The van der Waals surface area contributed by atoms with Gasteiger partial charge in [-0.05, 0) is 25.7 Å². The fourth-order valence-electron chi connectivity index (χ4n) is 4.23. The van der Waals surface area contributed by atoms with E-state index in [1.54, 1.807) is 0 Å². The fraction of sp³-hybridized carbons (Fsp3) is 0.895. The monoisotopic (exact) mass is 383 g/mol. The number of carbonyl (C=O) groups excluding carboxylic acids is 2. The highest BCUT2D eigenvalue weighted by Gasteiger charge is 2.34. The SMILES string of the molecule is O=C(NC1CCCCC1)N[C@H]1CC[C@@H](CC(=O)N2CCOCC2)O[C@H]1CO. The van der Waals surface area contributed by atoms with Crippen LogP contribution < -0.4 is 10.6 Å². The minimum atomic E-state index is -0.474. The largest absolute Gasteiger partial charge is 0.394 e. The maximum atomic E-state index is 12.4. The molecule has 2 heterocycles.